The smallest absolute Gasteiger partial charge is 0.261 e. The Morgan fingerprint density at radius 2 is 2.30 bits per heavy atom. The fourth-order valence-corrected chi connectivity index (χ4v) is 3.72. The lowest BCUT2D eigenvalue weighted by Crippen LogP contribution is -2.36. The molecule has 6 heteroatoms. The summed E-state index contributed by atoms with van der Waals surface area (Å²) in [6, 6.07) is 9.38. The van der Waals surface area contributed by atoms with Gasteiger partial charge in [-0.05, 0) is 51.8 Å². The summed E-state index contributed by atoms with van der Waals surface area (Å²) in [7, 11) is 0. The number of rotatable bonds is 3. The number of nitrogens with one attached hydrogen (secondary N) is 1. The predicted octanol–water partition coefficient (Wildman–Crippen LogP) is 3.78. The van der Waals surface area contributed by atoms with Gasteiger partial charge in [-0.3, -0.25) is 4.79 Å². The molecule has 2 heterocycles. The third-order valence-corrected chi connectivity index (χ3v) is 4.91. The summed E-state index contributed by atoms with van der Waals surface area (Å²) in [6.45, 7) is 0.520. The average molecular weight is 373 g/mol. The zero-order chi connectivity index (χ0) is 14.1. The zero-order valence-corrected chi connectivity index (χ0v) is 13.5. The molecular formula is C14H11BrClNO2S. The first-order valence-corrected chi connectivity index (χ1v) is 8.07. The van der Waals surface area contributed by atoms with Gasteiger partial charge in [-0.25, -0.2) is 0 Å². The standard InChI is InChI=1S/C14H11BrClNO2S/c15-13-4-2-10(20-13)7-17-14(18)12-6-8-5-9(16)1-3-11(8)19-12/h1-5,12H,6-7H2,(H,17,18). The number of benzene rings is 1. The van der Waals surface area contributed by atoms with Crippen molar-refractivity contribution < 1.29 is 9.53 Å². The van der Waals surface area contributed by atoms with Gasteiger partial charge in [0.1, 0.15) is 5.75 Å². The molecule has 1 N–H and O–H groups in total. The minimum absolute atomic E-state index is 0.0955. The van der Waals surface area contributed by atoms with Crippen LogP contribution < -0.4 is 10.1 Å². The van der Waals surface area contributed by atoms with Crippen molar-refractivity contribution in [1.82, 2.24) is 5.32 Å². The van der Waals surface area contributed by atoms with Crippen LogP contribution in [0.25, 0.3) is 0 Å². The van der Waals surface area contributed by atoms with Gasteiger partial charge in [0, 0.05) is 16.3 Å². The Balaban J connectivity index is 1.60. The molecule has 1 aliphatic heterocycles. The van der Waals surface area contributed by atoms with Crippen molar-refractivity contribution in [2.24, 2.45) is 0 Å². The van der Waals surface area contributed by atoms with Crippen molar-refractivity contribution >= 4 is 44.8 Å². The number of halogens is 2. The summed E-state index contributed by atoms with van der Waals surface area (Å²) in [5.74, 6) is 0.648. The molecule has 1 unspecified atom stereocenters. The van der Waals surface area contributed by atoms with Gasteiger partial charge in [0.15, 0.2) is 6.10 Å². The van der Waals surface area contributed by atoms with E-state index in [1.807, 2.05) is 18.2 Å². The van der Waals surface area contributed by atoms with Gasteiger partial charge in [0.2, 0.25) is 0 Å². The first-order chi connectivity index (χ1) is 9.61. The van der Waals surface area contributed by atoms with Crippen LogP contribution in [0.3, 0.4) is 0 Å². The number of fused-ring (bicyclic) bond motifs is 1. The largest absolute Gasteiger partial charge is 0.480 e. The molecule has 2 aromatic rings. The molecule has 0 bridgehead atoms. The summed E-state index contributed by atoms with van der Waals surface area (Å²) in [5.41, 5.74) is 0.983. The average Bonchev–Trinajstić information content (AvgIpc) is 3.01. The Morgan fingerprint density at radius 1 is 1.45 bits per heavy atom. The van der Waals surface area contributed by atoms with Crippen molar-refractivity contribution in [1.29, 1.82) is 0 Å². The highest BCUT2D eigenvalue weighted by Crippen LogP contribution is 2.31. The molecule has 1 aliphatic rings. The molecule has 0 aliphatic carbocycles. The molecule has 0 radical (unpaired) electrons. The van der Waals surface area contributed by atoms with Crippen molar-refractivity contribution in [3.63, 3.8) is 0 Å². The fourth-order valence-electron chi connectivity index (χ4n) is 2.10. The second kappa shape index (κ2) is 5.76. The maximum absolute atomic E-state index is 12.1. The highest BCUT2D eigenvalue weighted by atomic mass is 79.9. The first-order valence-electron chi connectivity index (χ1n) is 6.09. The molecule has 0 saturated heterocycles. The number of ether oxygens (including phenoxy) is 1. The maximum atomic E-state index is 12.1. The Kier molecular flexibility index (Phi) is 4.01. The van der Waals surface area contributed by atoms with Gasteiger partial charge in [0.25, 0.3) is 5.91 Å². The number of amides is 1. The quantitative estimate of drug-likeness (QED) is 0.890. The van der Waals surface area contributed by atoms with Gasteiger partial charge in [-0.2, -0.15) is 0 Å². The lowest BCUT2D eigenvalue weighted by atomic mass is 10.1. The van der Waals surface area contributed by atoms with Crippen LogP contribution in [-0.4, -0.2) is 12.0 Å². The van der Waals surface area contributed by atoms with Crippen LogP contribution in [0.5, 0.6) is 5.75 Å². The van der Waals surface area contributed by atoms with Crippen LogP contribution in [0.4, 0.5) is 0 Å². The first kappa shape index (κ1) is 13.9. The van der Waals surface area contributed by atoms with E-state index >= 15 is 0 Å². The van der Waals surface area contributed by atoms with Crippen LogP contribution in [0.15, 0.2) is 34.1 Å². The molecule has 104 valence electrons. The molecule has 1 amide bonds. The Morgan fingerprint density at radius 3 is 3.05 bits per heavy atom. The zero-order valence-electron chi connectivity index (χ0n) is 10.4. The fraction of sp³-hybridized carbons (Fsp3) is 0.214. The molecule has 0 spiro atoms. The van der Waals surface area contributed by atoms with Crippen molar-refractivity contribution in [3.8, 4) is 5.75 Å². The summed E-state index contributed by atoms with van der Waals surface area (Å²) >= 11 is 10.9. The SMILES string of the molecule is O=C(NCc1ccc(Br)s1)C1Cc2cc(Cl)ccc2O1. The second-order valence-electron chi connectivity index (χ2n) is 4.49. The van der Waals surface area contributed by atoms with E-state index in [9.17, 15) is 4.79 Å². The van der Waals surface area contributed by atoms with Crippen molar-refractivity contribution in [3.05, 3.63) is 49.6 Å². The number of carbonyl (C=O) groups excluding carboxylic acids is 1. The highest BCUT2D eigenvalue weighted by molar-refractivity contribution is 9.11. The Labute approximate surface area is 134 Å². The molecule has 1 aromatic heterocycles. The lowest BCUT2D eigenvalue weighted by molar-refractivity contribution is -0.127. The van der Waals surface area contributed by atoms with Crippen molar-refractivity contribution in [2.75, 3.05) is 0 Å². The summed E-state index contributed by atoms with van der Waals surface area (Å²) in [4.78, 5) is 13.2. The normalized spacial score (nSPS) is 16.6. The van der Waals surface area contributed by atoms with Crippen LogP contribution in [0.2, 0.25) is 5.02 Å². The molecule has 0 saturated carbocycles. The molecule has 1 aromatic carbocycles. The van der Waals surface area contributed by atoms with Gasteiger partial charge >= 0.3 is 0 Å². The number of hydrogen-bond acceptors (Lipinski definition) is 3. The van der Waals surface area contributed by atoms with E-state index in [2.05, 4.69) is 21.2 Å². The minimum atomic E-state index is -0.466. The van der Waals surface area contributed by atoms with E-state index < -0.39 is 6.10 Å². The third kappa shape index (κ3) is 3.00. The molecule has 1 atom stereocenters. The summed E-state index contributed by atoms with van der Waals surface area (Å²) in [6.07, 6.45) is 0.0995. The van der Waals surface area contributed by atoms with E-state index in [4.69, 9.17) is 16.3 Å². The van der Waals surface area contributed by atoms with Crippen LogP contribution in [0, 0.1) is 0 Å². The predicted molar refractivity (Wildman–Crippen MR) is 83.4 cm³/mol. The van der Waals surface area contributed by atoms with E-state index in [0.717, 1.165) is 20.0 Å². The summed E-state index contributed by atoms with van der Waals surface area (Å²) < 4.78 is 6.70. The van der Waals surface area contributed by atoms with E-state index in [1.54, 1.807) is 23.5 Å². The van der Waals surface area contributed by atoms with Gasteiger partial charge in [0.05, 0.1) is 10.3 Å². The lowest BCUT2D eigenvalue weighted by Gasteiger charge is -2.10. The van der Waals surface area contributed by atoms with Crippen molar-refractivity contribution in [2.45, 2.75) is 19.1 Å². The number of carbonyl (C=O) groups is 1. The maximum Gasteiger partial charge on any atom is 0.261 e. The van der Waals surface area contributed by atoms with Gasteiger partial charge < -0.3 is 10.1 Å². The Hall–Kier alpha value is -1.04. The molecule has 3 nitrogen and oxygen atoms in total. The minimum Gasteiger partial charge on any atom is -0.480 e. The van der Waals surface area contributed by atoms with Gasteiger partial charge in [-0.1, -0.05) is 11.6 Å². The second-order valence-corrected chi connectivity index (χ2v) is 7.47. The highest BCUT2D eigenvalue weighted by Gasteiger charge is 2.28. The topological polar surface area (TPSA) is 38.3 Å². The number of hydrogen-bond donors (Lipinski definition) is 1. The van der Waals surface area contributed by atoms with E-state index in [0.29, 0.717) is 18.0 Å². The van der Waals surface area contributed by atoms with Crippen LogP contribution in [0.1, 0.15) is 10.4 Å². The molecule has 20 heavy (non-hydrogen) atoms. The number of thiophene rings is 1. The van der Waals surface area contributed by atoms with E-state index in [-0.39, 0.29) is 5.91 Å². The monoisotopic (exact) mass is 371 g/mol. The molecule has 0 fully saturated rings. The van der Waals surface area contributed by atoms with Crippen LogP contribution in [-0.2, 0) is 17.8 Å². The van der Waals surface area contributed by atoms with Crippen LogP contribution >= 0.6 is 38.9 Å². The summed E-state index contributed by atoms with van der Waals surface area (Å²) in [5, 5.41) is 3.56. The van der Waals surface area contributed by atoms with Gasteiger partial charge in [-0.15, -0.1) is 11.3 Å². The molecule has 3 rings (SSSR count). The van der Waals surface area contributed by atoms with E-state index in [1.165, 1.54) is 0 Å². The third-order valence-electron chi connectivity index (χ3n) is 3.06. The Bertz CT molecular complexity index is 658. The molecular weight excluding hydrogens is 362 g/mol.